The van der Waals surface area contributed by atoms with Gasteiger partial charge in [0, 0.05) is 12.5 Å². The molecule has 0 radical (unpaired) electrons. The number of aliphatic hydroxyl groups excluding tert-OH is 1. The standard InChI is InChI=1S/C12H21NO2/c1-2-9(14)5-6-13-12(15)11-7-10(11)8-3-4-8/h8-11,14H,2-7H2,1H3,(H,13,15). The molecule has 1 amide bonds. The van der Waals surface area contributed by atoms with E-state index in [1.54, 1.807) is 0 Å². The molecule has 86 valence electrons. The van der Waals surface area contributed by atoms with Gasteiger partial charge in [-0.15, -0.1) is 0 Å². The van der Waals surface area contributed by atoms with Gasteiger partial charge in [0.1, 0.15) is 0 Å². The van der Waals surface area contributed by atoms with Crippen molar-refractivity contribution in [2.45, 2.75) is 45.1 Å². The third-order valence-corrected chi connectivity index (χ3v) is 3.65. The third kappa shape index (κ3) is 2.94. The number of carbonyl (C=O) groups is 1. The highest BCUT2D eigenvalue weighted by atomic mass is 16.3. The lowest BCUT2D eigenvalue weighted by atomic mass is 10.2. The van der Waals surface area contributed by atoms with E-state index < -0.39 is 0 Å². The minimum absolute atomic E-state index is 0.218. The largest absolute Gasteiger partial charge is 0.393 e. The van der Waals surface area contributed by atoms with Gasteiger partial charge in [-0.25, -0.2) is 0 Å². The Hall–Kier alpha value is -0.570. The van der Waals surface area contributed by atoms with E-state index in [-0.39, 0.29) is 12.0 Å². The Bertz CT molecular complexity index is 238. The first-order chi connectivity index (χ1) is 7.22. The average Bonchev–Trinajstić information content (AvgIpc) is 3.04. The van der Waals surface area contributed by atoms with Gasteiger partial charge in [0.15, 0.2) is 0 Å². The Kier molecular flexibility index (Phi) is 3.29. The Morgan fingerprint density at radius 1 is 1.53 bits per heavy atom. The molecule has 3 atom stereocenters. The monoisotopic (exact) mass is 211 g/mol. The maximum Gasteiger partial charge on any atom is 0.223 e. The van der Waals surface area contributed by atoms with Gasteiger partial charge in [-0.1, -0.05) is 6.92 Å². The van der Waals surface area contributed by atoms with Crippen molar-refractivity contribution in [1.29, 1.82) is 0 Å². The molecule has 2 rings (SSSR count). The number of aliphatic hydroxyl groups is 1. The summed E-state index contributed by atoms with van der Waals surface area (Å²) in [4.78, 5) is 11.6. The summed E-state index contributed by atoms with van der Waals surface area (Å²) in [5, 5.41) is 12.2. The highest BCUT2D eigenvalue weighted by Crippen LogP contribution is 2.54. The summed E-state index contributed by atoms with van der Waals surface area (Å²) in [6.07, 6.45) is 4.97. The zero-order chi connectivity index (χ0) is 10.8. The number of hydrogen-bond acceptors (Lipinski definition) is 2. The van der Waals surface area contributed by atoms with Gasteiger partial charge in [0.2, 0.25) is 5.91 Å². The maximum absolute atomic E-state index is 11.6. The second-order valence-corrected chi connectivity index (χ2v) is 4.99. The topological polar surface area (TPSA) is 49.3 Å². The van der Waals surface area contributed by atoms with Crippen molar-refractivity contribution in [2.75, 3.05) is 6.54 Å². The van der Waals surface area contributed by atoms with Crippen LogP contribution in [0.25, 0.3) is 0 Å². The first-order valence-electron chi connectivity index (χ1n) is 6.18. The fraction of sp³-hybridized carbons (Fsp3) is 0.917. The van der Waals surface area contributed by atoms with Gasteiger partial charge in [0.25, 0.3) is 0 Å². The minimum Gasteiger partial charge on any atom is -0.393 e. The quantitative estimate of drug-likeness (QED) is 0.696. The molecule has 3 unspecified atom stereocenters. The fourth-order valence-corrected chi connectivity index (χ4v) is 2.26. The fourth-order valence-electron chi connectivity index (χ4n) is 2.26. The van der Waals surface area contributed by atoms with Crippen LogP contribution in [0.3, 0.4) is 0 Å². The minimum atomic E-state index is -0.260. The molecule has 2 saturated carbocycles. The third-order valence-electron chi connectivity index (χ3n) is 3.65. The van der Waals surface area contributed by atoms with E-state index in [4.69, 9.17) is 0 Å². The van der Waals surface area contributed by atoms with Crippen molar-refractivity contribution >= 4 is 5.91 Å². The van der Waals surface area contributed by atoms with Crippen LogP contribution in [0.5, 0.6) is 0 Å². The number of nitrogens with one attached hydrogen (secondary N) is 1. The van der Waals surface area contributed by atoms with Gasteiger partial charge in [-0.3, -0.25) is 4.79 Å². The van der Waals surface area contributed by atoms with Crippen LogP contribution in [-0.2, 0) is 4.79 Å². The lowest BCUT2D eigenvalue weighted by molar-refractivity contribution is -0.122. The molecule has 0 aliphatic heterocycles. The zero-order valence-corrected chi connectivity index (χ0v) is 9.41. The van der Waals surface area contributed by atoms with Crippen molar-refractivity contribution in [1.82, 2.24) is 5.32 Å². The number of hydrogen-bond donors (Lipinski definition) is 2. The first kappa shape index (κ1) is 10.9. The van der Waals surface area contributed by atoms with Gasteiger partial charge in [-0.05, 0) is 43.9 Å². The molecule has 0 aromatic carbocycles. The van der Waals surface area contributed by atoms with E-state index in [1.165, 1.54) is 12.8 Å². The molecular formula is C12H21NO2. The smallest absolute Gasteiger partial charge is 0.223 e. The molecular weight excluding hydrogens is 190 g/mol. The molecule has 0 saturated heterocycles. The molecule has 2 aliphatic carbocycles. The Balaban J connectivity index is 1.57. The predicted molar refractivity (Wildman–Crippen MR) is 58.2 cm³/mol. The second kappa shape index (κ2) is 4.52. The average molecular weight is 211 g/mol. The maximum atomic E-state index is 11.6. The van der Waals surface area contributed by atoms with Gasteiger partial charge < -0.3 is 10.4 Å². The number of amides is 1. The van der Waals surface area contributed by atoms with E-state index in [1.807, 2.05) is 6.92 Å². The summed E-state index contributed by atoms with van der Waals surface area (Å²) >= 11 is 0. The van der Waals surface area contributed by atoms with Crippen molar-refractivity contribution in [3.8, 4) is 0 Å². The summed E-state index contributed by atoms with van der Waals surface area (Å²) in [5.41, 5.74) is 0. The zero-order valence-electron chi connectivity index (χ0n) is 9.41. The van der Waals surface area contributed by atoms with Crippen LogP contribution in [0.4, 0.5) is 0 Å². The Labute approximate surface area is 91.2 Å². The molecule has 0 heterocycles. The van der Waals surface area contributed by atoms with Crippen molar-refractivity contribution in [3.05, 3.63) is 0 Å². The molecule has 15 heavy (non-hydrogen) atoms. The summed E-state index contributed by atoms with van der Waals surface area (Å²) < 4.78 is 0. The molecule has 2 N–H and O–H groups in total. The van der Waals surface area contributed by atoms with Gasteiger partial charge in [-0.2, -0.15) is 0 Å². The molecule has 2 fully saturated rings. The molecule has 2 aliphatic rings. The number of carbonyl (C=O) groups excluding carboxylic acids is 1. The highest BCUT2D eigenvalue weighted by Gasteiger charge is 2.50. The molecule has 3 heteroatoms. The Morgan fingerprint density at radius 2 is 2.27 bits per heavy atom. The van der Waals surface area contributed by atoms with Crippen LogP contribution >= 0.6 is 0 Å². The molecule has 3 nitrogen and oxygen atoms in total. The van der Waals surface area contributed by atoms with Gasteiger partial charge in [0.05, 0.1) is 6.10 Å². The molecule has 0 spiro atoms. The number of rotatable bonds is 6. The summed E-state index contributed by atoms with van der Waals surface area (Å²) in [5.74, 6) is 2.08. The van der Waals surface area contributed by atoms with Crippen molar-refractivity contribution in [3.63, 3.8) is 0 Å². The lowest BCUT2D eigenvalue weighted by Crippen LogP contribution is -2.28. The first-order valence-corrected chi connectivity index (χ1v) is 6.18. The SMILES string of the molecule is CCC(O)CCNC(=O)C1CC1C1CC1. The van der Waals surface area contributed by atoms with E-state index in [0.29, 0.717) is 24.8 Å². The van der Waals surface area contributed by atoms with Crippen LogP contribution in [0.2, 0.25) is 0 Å². The normalized spacial score (nSPS) is 31.1. The molecule has 0 bridgehead atoms. The van der Waals surface area contributed by atoms with E-state index in [2.05, 4.69) is 5.32 Å². The predicted octanol–water partition coefficient (Wildman–Crippen LogP) is 1.31. The highest BCUT2D eigenvalue weighted by molar-refractivity contribution is 5.81. The van der Waals surface area contributed by atoms with Crippen LogP contribution in [-0.4, -0.2) is 23.7 Å². The second-order valence-electron chi connectivity index (χ2n) is 4.99. The van der Waals surface area contributed by atoms with Crippen LogP contribution in [0.15, 0.2) is 0 Å². The van der Waals surface area contributed by atoms with E-state index in [9.17, 15) is 9.90 Å². The summed E-state index contributed by atoms with van der Waals surface area (Å²) in [7, 11) is 0. The molecule has 0 aromatic heterocycles. The van der Waals surface area contributed by atoms with Crippen molar-refractivity contribution in [2.24, 2.45) is 17.8 Å². The van der Waals surface area contributed by atoms with E-state index in [0.717, 1.165) is 18.8 Å². The van der Waals surface area contributed by atoms with Crippen LogP contribution < -0.4 is 5.32 Å². The van der Waals surface area contributed by atoms with Crippen molar-refractivity contribution < 1.29 is 9.90 Å². The van der Waals surface area contributed by atoms with Gasteiger partial charge >= 0.3 is 0 Å². The summed E-state index contributed by atoms with van der Waals surface area (Å²) in [6.45, 7) is 2.58. The summed E-state index contributed by atoms with van der Waals surface area (Å²) in [6, 6.07) is 0. The van der Waals surface area contributed by atoms with E-state index >= 15 is 0 Å². The Morgan fingerprint density at radius 3 is 2.87 bits per heavy atom. The van der Waals surface area contributed by atoms with Crippen LogP contribution in [0, 0.1) is 17.8 Å². The van der Waals surface area contributed by atoms with Crippen LogP contribution in [0.1, 0.15) is 39.0 Å². The lowest BCUT2D eigenvalue weighted by Gasteiger charge is -2.08. The molecule has 0 aromatic rings.